The van der Waals surface area contributed by atoms with Gasteiger partial charge in [-0.3, -0.25) is 14.5 Å². The maximum Gasteiger partial charge on any atom is 0.324 e. The Bertz CT molecular complexity index is 1090. The van der Waals surface area contributed by atoms with Crippen LogP contribution in [0.15, 0.2) is 48.5 Å². The number of nitrogens with zero attached hydrogens (tertiary/aromatic N) is 5. The maximum atomic E-state index is 12.9. The quantitative estimate of drug-likeness (QED) is 0.630. The van der Waals surface area contributed by atoms with E-state index < -0.39 is 6.03 Å². The normalized spacial score (nSPS) is 13.5. The van der Waals surface area contributed by atoms with Crippen molar-refractivity contribution in [1.29, 1.82) is 0 Å². The number of aromatic nitrogens is 4. The molecular formula is C19H17N7O3. The number of rotatable bonds is 5. The number of aryl methyl sites for hydroxylation is 1. The van der Waals surface area contributed by atoms with E-state index in [1.165, 1.54) is 4.68 Å². The van der Waals surface area contributed by atoms with Crippen LogP contribution in [0.1, 0.15) is 15.9 Å². The van der Waals surface area contributed by atoms with Crippen molar-refractivity contribution in [3.05, 3.63) is 59.7 Å². The molecule has 1 aliphatic rings. The first-order chi connectivity index (χ1) is 14.0. The van der Waals surface area contributed by atoms with Gasteiger partial charge in [0.1, 0.15) is 0 Å². The van der Waals surface area contributed by atoms with Gasteiger partial charge in [0.05, 0.1) is 13.1 Å². The second-order valence-electron chi connectivity index (χ2n) is 6.46. The Kier molecular flexibility index (Phi) is 4.73. The van der Waals surface area contributed by atoms with E-state index in [1.807, 2.05) is 6.07 Å². The van der Waals surface area contributed by atoms with Crippen LogP contribution in [-0.2, 0) is 18.4 Å². The predicted octanol–water partition coefficient (Wildman–Crippen LogP) is 1.18. The van der Waals surface area contributed by atoms with E-state index in [1.54, 1.807) is 49.5 Å². The first-order valence-corrected chi connectivity index (χ1v) is 8.83. The second-order valence-corrected chi connectivity index (χ2v) is 6.46. The zero-order valence-corrected chi connectivity index (χ0v) is 15.5. The highest BCUT2D eigenvalue weighted by atomic mass is 16.2. The van der Waals surface area contributed by atoms with Crippen LogP contribution in [0.5, 0.6) is 0 Å². The maximum absolute atomic E-state index is 12.9. The van der Waals surface area contributed by atoms with Crippen LogP contribution in [0.3, 0.4) is 0 Å². The Hall–Kier alpha value is -4.08. The summed E-state index contributed by atoms with van der Waals surface area (Å²) in [6, 6.07) is 13.5. The lowest BCUT2D eigenvalue weighted by Crippen LogP contribution is -2.31. The van der Waals surface area contributed by atoms with Gasteiger partial charge < -0.3 is 10.6 Å². The zero-order valence-electron chi connectivity index (χ0n) is 15.5. The average molecular weight is 391 g/mol. The highest BCUT2D eigenvalue weighted by Gasteiger charge is 2.29. The fourth-order valence-corrected chi connectivity index (χ4v) is 3.07. The Morgan fingerprint density at radius 1 is 1.17 bits per heavy atom. The third-order valence-electron chi connectivity index (χ3n) is 4.53. The van der Waals surface area contributed by atoms with Crippen molar-refractivity contribution in [2.75, 3.05) is 11.9 Å². The van der Waals surface area contributed by atoms with Gasteiger partial charge in [-0.2, -0.15) is 0 Å². The number of imide groups is 1. The summed E-state index contributed by atoms with van der Waals surface area (Å²) in [5, 5.41) is 16.7. The van der Waals surface area contributed by atoms with Crippen molar-refractivity contribution in [2.24, 2.45) is 7.05 Å². The molecule has 0 bridgehead atoms. The Labute approximate surface area is 165 Å². The van der Waals surface area contributed by atoms with Crippen LogP contribution < -0.4 is 10.6 Å². The van der Waals surface area contributed by atoms with Crippen molar-refractivity contribution >= 4 is 23.5 Å². The molecule has 1 fully saturated rings. The summed E-state index contributed by atoms with van der Waals surface area (Å²) in [6.07, 6.45) is 0. The van der Waals surface area contributed by atoms with E-state index in [2.05, 4.69) is 26.2 Å². The van der Waals surface area contributed by atoms with E-state index in [9.17, 15) is 14.4 Å². The first-order valence-electron chi connectivity index (χ1n) is 8.83. The number of carbonyl (C=O) groups is 3. The number of benzene rings is 2. The minimum Gasteiger partial charge on any atom is -0.329 e. The van der Waals surface area contributed by atoms with Crippen molar-refractivity contribution in [2.45, 2.75) is 6.54 Å². The lowest BCUT2D eigenvalue weighted by atomic mass is 10.1. The number of anilines is 1. The molecule has 3 aromatic rings. The largest absolute Gasteiger partial charge is 0.329 e. The summed E-state index contributed by atoms with van der Waals surface area (Å²) in [7, 11) is 1.73. The molecule has 1 aromatic heterocycles. The summed E-state index contributed by atoms with van der Waals surface area (Å²) >= 11 is 0. The summed E-state index contributed by atoms with van der Waals surface area (Å²) in [6.45, 7) is -0.00416. The molecule has 1 saturated heterocycles. The Morgan fingerprint density at radius 3 is 2.72 bits per heavy atom. The number of hydrogen-bond donors (Lipinski definition) is 2. The number of urea groups is 1. The summed E-state index contributed by atoms with van der Waals surface area (Å²) in [5.74, 6) is -0.101. The van der Waals surface area contributed by atoms with Gasteiger partial charge >= 0.3 is 6.03 Å². The van der Waals surface area contributed by atoms with E-state index in [0.29, 0.717) is 22.6 Å². The van der Waals surface area contributed by atoms with Crippen LogP contribution in [0, 0.1) is 0 Å². The lowest BCUT2D eigenvalue weighted by molar-refractivity contribution is -0.125. The van der Waals surface area contributed by atoms with E-state index in [4.69, 9.17) is 0 Å². The monoisotopic (exact) mass is 391 g/mol. The van der Waals surface area contributed by atoms with Crippen molar-refractivity contribution < 1.29 is 14.4 Å². The van der Waals surface area contributed by atoms with Gasteiger partial charge in [-0.1, -0.05) is 30.3 Å². The summed E-state index contributed by atoms with van der Waals surface area (Å²) < 4.78 is 1.54. The van der Waals surface area contributed by atoms with Crippen LogP contribution in [0.2, 0.25) is 0 Å². The first kappa shape index (κ1) is 18.3. The average Bonchev–Trinajstić information content (AvgIpc) is 3.29. The molecule has 1 aliphatic heterocycles. The second kappa shape index (κ2) is 7.50. The summed E-state index contributed by atoms with van der Waals surface area (Å²) in [5.41, 5.74) is 2.28. The number of nitrogens with one attached hydrogen (secondary N) is 2. The van der Waals surface area contributed by atoms with Crippen LogP contribution in [0.4, 0.5) is 10.5 Å². The number of tetrazole rings is 1. The molecule has 0 aliphatic carbocycles. The number of hydrogen-bond acceptors (Lipinski definition) is 6. The highest BCUT2D eigenvalue weighted by Crippen LogP contribution is 2.21. The van der Waals surface area contributed by atoms with Gasteiger partial charge in [-0.15, -0.1) is 5.10 Å². The molecule has 0 spiro atoms. The van der Waals surface area contributed by atoms with Gasteiger partial charge in [-0.05, 0) is 34.2 Å². The molecule has 146 valence electrons. The zero-order chi connectivity index (χ0) is 20.4. The molecular weight excluding hydrogens is 374 g/mol. The fourth-order valence-electron chi connectivity index (χ4n) is 3.07. The van der Waals surface area contributed by atoms with E-state index in [-0.39, 0.29) is 24.9 Å². The number of carbonyl (C=O) groups excluding carboxylic acids is 3. The Morgan fingerprint density at radius 2 is 2.00 bits per heavy atom. The molecule has 2 N–H and O–H groups in total. The highest BCUT2D eigenvalue weighted by molar-refractivity contribution is 6.06. The molecule has 0 atom stereocenters. The Balaban J connectivity index is 1.56. The van der Waals surface area contributed by atoms with Crippen LogP contribution in [-0.4, -0.2) is 49.5 Å². The fraction of sp³-hybridized carbons (Fsp3) is 0.158. The molecule has 0 radical (unpaired) electrons. The van der Waals surface area contributed by atoms with E-state index >= 15 is 0 Å². The lowest BCUT2D eigenvalue weighted by Gasteiger charge is -2.15. The molecule has 10 heteroatoms. The molecule has 29 heavy (non-hydrogen) atoms. The molecule has 10 nitrogen and oxygen atoms in total. The smallest absolute Gasteiger partial charge is 0.324 e. The molecule has 4 amide bonds. The molecule has 2 heterocycles. The topological polar surface area (TPSA) is 122 Å². The SMILES string of the molecule is Cn1nnnc1-c1cccc(NC(=O)c2ccccc2CN2C(=O)CNC2=O)c1. The van der Waals surface area contributed by atoms with Gasteiger partial charge in [0.25, 0.3) is 5.91 Å². The van der Waals surface area contributed by atoms with Crippen LogP contribution in [0.25, 0.3) is 11.4 Å². The molecule has 0 unspecified atom stereocenters. The van der Waals surface area contributed by atoms with Crippen LogP contribution >= 0.6 is 0 Å². The third kappa shape index (κ3) is 3.68. The molecule has 0 saturated carbocycles. The van der Waals surface area contributed by atoms with Crippen molar-refractivity contribution in [1.82, 2.24) is 30.4 Å². The third-order valence-corrected chi connectivity index (χ3v) is 4.53. The van der Waals surface area contributed by atoms with E-state index in [0.717, 1.165) is 10.5 Å². The minimum absolute atomic E-state index is 0.0267. The van der Waals surface area contributed by atoms with Crippen molar-refractivity contribution in [3.8, 4) is 11.4 Å². The number of amides is 4. The summed E-state index contributed by atoms with van der Waals surface area (Å²) in [4.78, 5) is 37.6. The predicted molar refractivity (Wildman–Crippen MR) is 103 cm³/mol. The van der Waals surface area contributed by atoms with Crippen molar-refractivity contribution in [3.63, 3.8) is 0 Å². The molecule has 4 rings (SSSR count). The minimum atomic E-state index is -0.463. The van der Waals surface area contributed by atoms with Gasteiger partial charge in [0, 0.05) is 23.9 Å². The standard InChI is InChI=1S/C19H17N7O3/c1-25-17(22-23-24-25)12-6-4-7-14(9-12)21-18(28)15-8-3-2-5-13(15)11-26-16(27)10-20-19(26)29/h2-9H,10-11H2,1H3,(H,20,29)(H,21,28). The van der Waals surface area contributed by atoms with Gasteiger partial charge in [0.15, 0.2) is 5.82 Å². The van der Waals surface area contributed by atoms with Gasteiger partial charge in [-0.25, -0.2) is 9.48 Å². The molecule has 2 aromatic carbocycles. The van der Waals surface area contributed by atoms with Gasteiger partial charge in [0.2, 0.25) is 5.91 Å².